The molecule has 1 aliphatic heterocycles. The van der Waals surface area contributed by atoms with Crippen molar-refractivity contribution in [3.8, 4) is 0 Å². The lowest BCUT2D eigenvalue weighted by atomic mass is 10.3. The summed E-state index contributed by atoms with van der Waals surface area (Å²) in [5, 5.41) is 0. The van der Waals surface area contributed by atoms with E-state index < -0.39 is 0 Å². The van der Waals surface area contributed by atoms with Gasteiger partial charge in [-0.05, 0) is 6.92 Å². The molecule has 1 aliphatic rings. The van der Waals surface area contributed by atoms with Gasteiger partial charge in [-0.15, -0.1) is 0 Å². The van der Waals surface area contributed by atoms with Crippen LogP contribution in [0.4, 0.5) is 0 Å². The number of Topliss-reactive ketones (excluding diaryl/α,β-unsaturated/α-hetero) is 1. The molecule has 0 aliphatic carbocycles. The van der Waals surface area contributed by atoms with Crippen molar-refractivity contribution in [1.29, 1.82) is 0 Å². The number of hydrogen-bond acceptors (Lipinski definition) is 3. The predicted octanol–water partition coefficient (Wildman–Crippen LogP) is 0.541. The van der Waals surface area contributed by atoms with E-state index in [2.05, 4.69) is 0 Å². The third-order valence-electron chi connectivity index (χ3n) is 1.76. The van der Waals surface area contributed by atoms with E-state index in [0.717, 1.165) is 24.6 Å². The Kier molecular flexibility index (Phi) is 3.59. The second-order valence-corrected chi connectivity index (χ2v) is 4.10. The standard InChI is InChI=1S/C8H13NO2S/c1-7(10)6-8(11)9-2-4-12-5-3-9/h2-6H2,1H3. The molecule has 0 atom stereocenters. The summed E-state index contributed by atoms with van der Waals surface area (Å²) in [7, 11) is 0. The maximum atomic E-state index is 11.3. The average Bonchev–Trinajstić information content (AvgIpc) is 2.05. The van der Waals surface area contributed by atoms with Crippen LogP contribution >= 0.6 is 11.8 Å². The fourth-order valence-corrected chi connectivity index (χ4v) is 2.04. The van der Waals surface area contributed by atoms with Gasteiger partial charge in [0.1, 0.15) is 5.78 Å². The summed E-state index contributed by atoms with van der Waals surface area (Å²) in [6.07, 6.45) is 0.0741. The molecule has 1 heterocycles. The van der Waals surface area contributed by atoms with Crippen LogP contribution in [-0.2, 0) is 9.59 Å². The van der Waals surface area contributed by atoms with Gasteiger partial charge in [-0.2, -0.15) is 11.8 Å². The summed E-state index contributed by atoms with van der Waals surface area (Å²) in [5.74, 6) is 1.95. The first-order chi connectivity index (χ1) is 5.70. The molecule has 1 rings (SSSR count). The molecule has 4 heteroatoms. The zero-order valence-electron chi connectivity index (χ0n) is 7.21. The Morgan fingerprint density at radius 3 is 2.42 bits per heavy atom. The number of ketones is 1. The van der Waals surface area contributed by atoms with E-state index in [4.69, 9.17) is 0 Å². The Labute approximate surface area is 76.5 Å². The lowest BCUT2D eigenvalue weighted by Crippen LogP contribution is -2.38. The van der Waals surface area contributed by atoms with Gasteiger partial charge in [0.25, 0.3) is 0 Å². The van der Waals surface area contributed by atoms with E-state index in [-0.39, 0.29) is 18.1 Å². The van der Waals surface area contributed by atoms with Crippen LogP contribution in [0.25, 0.3) is 0 Å². The van der Waals surface area contributed by atoms with Crippen molar-refractivity contribution >= 4 is 23.5 Å². The molecule has 1 amide bonds. The fourth-order valence-electron chi connectivity index (χ4n) is 1.14. The third-order valence-corrected chi connectivity index (χ3v) is 2.71. The molecule has 68 valence electrons. The fraction of sp³-hybridized carbons (Fsp3) is 0.750. The lowest BCUT2D eigenvalue weighted by molar-refractivity contribution is -0.134. The van der Waals surface area contributed by atoms with Gasteiger partial charge < -0.3 is 4.90 Å². The first kappa shape index (κ1) is 9.58. The van der Waals surface area contributed by atoms with Crippen molar-refractivity contribution in [3.63, 3.8) is 0 Å². The Bertz CT molecular complexity index is 187. The first-order valence-electron chi connectivity index (χ1n) is 4.05. The van der Waals surface area contributed by atoms with E-state index in [0.29, 0.717) is 0 Å². The highest BCUT2D eigenvalue weighted by Crippen LogP contribution is 2.09. The van der Waals surface area contributed by atoms with Crippen molar-refractivity contribution in [3.05, 3.63) is 0 Å². The zero-order chi connectivity index (χ0) is 8.97. The van der Waals surface area contributed by atoms with Gasteiger partial charge in [-0.1, -0.05) is 0 Å². The molecule has 0 aromatic heterocycles. The Morgan fingerprint density at radius 2 is 1.92 bits per heavy atom. The quantitative estimate of drug-likeness (QED) is 0.592. The molecule has 0 saturated carbocycles. The van der Waals surface area contributed by atoms with Crippen molar-refractivity contribution < 1.29 is 9.59 Å². The molecule has 0 N–H and O–H groups in total. The minimum absolute atomic E-state index is 0.0113. The minimum atomic E-state index is -0.0433. The van der Waals surface area contributed by atoms with E-state index in [9.17, 15) is 9.59 Å². The smallest absolute Gasteiger partial charge is 0.230 e. The molecule has 12 heavy (non-hydrogen) atoms. The monoisotopic (exact) mass is 187 g/mol. The van der Waals surface area contributed by atoms with Gasteiger partial charge in [-0.25, -0.2) is 0 Å². The number of nitrogens with zero attached hydrogens (tertiary/aromatic N) is 1. The maximum Gasteiger partial charge on any atom is 0.230 e. The second kappa shape index (κ2) is 4.50. The molecule has 1 saturated heterocycles. The molecule has 0 bridgehead atoms. The van der Waals surface area contributed by atoms with Gasteiger partial charge in [0.15, 0.2) is 0 Å². The van der Waals surface area contributed by atoms with Crippen LogP contribution in [0.15, 0.2) is 0 Å². The summed E-state index contributed by atoms with van der Waals surface area (Å²) in [4.78, 5) is 23.7. The zero-order valence-corrected chi connectivity index (χ0v) is 8.02. The Morgan fingerprint density at radius 1 is 1.33 bits per heavy atom. The molecule has 0 aromatic carbocycles. The summed E-state index contributed by atoms with van der Waals surface area (Å²) in [5.41, 5.74) is 0. The van der Waals surface area contributed by atoms with Crippen LogP contribution in [0.3, 0.4) is 0 Å². The number of carbonyl (C=O) groups excluding carboxylic acids is 2. The van der Waals surface area contributed by atoms with Crippen LogP contribution in [0, 0.1) is 0 Å². The van der Waals surface area contributed by atoms with E-state index in [1.54, 1.807) is 4.90 Å². The molecule has 0 unspecified atom stereocenters. The molecule has 1 fully saturated rings. The highest BCUT2D eigenvalue weighted by atomic mass is 32.2. The SMILES string of the molecule is CC(=O)CC(=O)N1CCSCC1. The van der Waals surface area contributed by atoms with Crippen molar-refractivity contribution in [1.82, 2.24) is 4.90 Å². The van der Waals surface area contributed by atoms with Crippen LogP contribution < -0.4 is 0 Å². The summed E-state index contributed by atoms with van der Waals surface area (Å²) < 4.78 is 0. The van der Waals surface area contributed by atoms with Gasteiger partial charge >= 0.3 is 0 Å². The number of carbonyl (C=O) groups is 2. The second-order valence-electron chi connectivity index (χ2n) is 2.87. The molecular weight excluding hydrogens is 174 g/mol. The van der Waals surface area contributed by atoms with Crippen molar-refractivity contribution in [2.45, 2.75) is 13.3 Å². The van der Waals surface area contributed by atoms with E-state index in [1.165, 1.54) is 6.92 Å². The van der Waals surface area contributed by atoms with Gasteiger partial charge in [-0.3, -0.25) is 9.59 Å². The highest BCUT2D eigenvalue weighted by molar-refractivity contribution is 7.99. The Hall–Kier alpha value is -0.510. The van der Waals surface area contributed by atoms with Crippen LogP contribution in [0.5, 0.6) is 0 Å². The normalized spacial score (nSPS) is 17.6. The van der Waals surface area contributed by atoms with Crippen molar-refractivity contribution in [2.75, 3.05) is 24.6 Å². The van der Waals surface area contributed by atoms with Crippen LogP contribution in [0.2, 0.25) is 0 Å². The molecular formula is C8H13NO2S. The van der Waals surface area contributed by atoms with E-state index in [1.807, 2.05) is 11.8 Å². The van der Waals surface area contributed by atoms with E-state index >= 15 is 0 Å². The molecule has 0 spiro atoms. The minimum Gasteiger partial charge on any atom is -0.341 e. The van der Waals surface area contributed by atoms with Crippen LogP contribution in [-0.4, -0.2) is 41.2 Å². The summed E-state index contributed by atoms with van der Waals surface area (Å²) >= 11 is 1.86. The first-order valence-corrected chi connectivity index (χ1v) is 5.20. The topological polar surface area (TPSA) is 37.4 Å². The number of rotatable bonds is 2. The van der Waals surface area contributed by atoms with Crippen molar-refractivity contribution in [2.24, 2.45) is 0 Å². The van der Waals surface area contributed by atoms with Gasteiger partial charge in [0, 0.05) is 24.6 Å². The number of hydrogen-bond donors (Lipinski definition) is 0. The average molecular weight is 187 g/mol. The molecule has 3 nitrogen and oxygen atoms in total. The predicted molar refractivity (Wildman–Crippen MR) is 49.2 cm³/mol. The highest BCUT2D eigenvalue weighted by Gasteiger charge is 2.17. The van der Waals surface area contributed by atoms with Crippen LogP contribution in [0.1, 0.15) is 13.3 Å². The molecule has 0 aromatic rings. The molecule has 0 radical (unpaired) electrons. The Balaban J connectivity index is 2.34. The van der Waals surface area contributed by atoms with Gasteiger partial charge in [0.05, 0.1) is 6.42 Å². The lowest BCUT2D eigenvalue weighted by Gasteiger charge is -2.25. The summed E-state index contributed by atoms with van der Waals surface area (Å²) in [6.45, 7) is 3.06. The third kappa shape index (κ3) is 2.85. The maximum absolute atomic E-state index is 11.3. The van der Waals surface area contributed by atoms with Gasteiger partial charge in [0.2, 0.25) is 5.91 Å². The number of amides is 1. The largest absolute Gasteiger partial charge is 0.341 e. The number of thioether (sulfide) groups is 1. The summed E-state index contributed by atoms with van der Waals surface area (Å²) in [6, 6.07) is 0.